The lowest BCUT2D eigenvalue weighted by atomic mass is 10.0. The molecule has 0 aromatic carbocycles. The summed E-state index contributed by atoms with van der Waals surface area (Å²) >= 11 is 0. The molecule has 0 fully saturated rings. The largest absolute Gasteiger partial charge is 0.469 e. The van der Waals surface area contributed by atoms with E-state index in [0.717, 1.165) is 38.4 Å². The van der Waals surface area contributed by atoms with Gasteiger partial charge in [0.05, 0.1) is 6.26 Å². The van der Waals surface area contributed by atoms with Gasteiger partial charge in [0, 0.05) is 13.0 Å². The van der Waals surface area contributed by atoms with Gasteiger partial charge in [0.2, 0.25) is 0 Å². The highest BCUT2D eigenvalue weighted by atomic mass is 16.3. The average molecular weight is 210 g/mol. The van der Waals surface area contributed by atoms with Crippen LogP contribution in [-0.2, 0) is 6.42 Å². The van der Waals surface area contributed by atoms with Crippen LogP contribution in [0.3, 0.4) is 0 Å². The Bertz CT molecular complexity index is 242. The molecular weight excluding hydrogens is 188 g/mol. The third-order valence-electron chi connectivity index (χ3n) is 2.81. The molecule has 0 radical (unpaired) electrons. The molecule has 0 aliphatic rings. The second kappa shape index (κ2) is 6.64. The van der Waals surface area contributed by atoms with Crippen molar-refractivity contribution in [2.45, 2.75) is 20.3 Å². The minimum Gasteiger partial charge on any atom is -0.469 e. The maximum atomic E-state index is 5.78. The first-order valence-corrected chi connectivity index (χ1v) is 5.74. The van der Waals surface area contributed by atoms with Gasteiger partial charge in [-0.15, -0.1) is 0 Å². The standard InChI is InChI=1S/C12H22N2O/c1-3-14(4-2)10-11(9-13)8-12-6-5-7-15-12/h5-7,11H,3-4,8-10,13H2,1-2H3. The third-order valence-corrected chi connectivity index (χ3v) is 2.81. The molecule has 0 aliphatic heterocycles. The fourth-order valence-corrected chi connectivity index (χ4v) is 1.78. The molecule has 0 amide bonds. The zero-order chi connectivity index (χ0) is 11.1. The van der Waals surface area contributed by atoms with Crippen LogP contribution in [0.15, 0.2) is 22.8 Å². The van der Waals surface area contributed by atoms with Crippen molar-refractivity contribution in [3.8, 4) is 0 Å². The molecule has 1 aromatic heterocycles. The van der Waals surface area contributed by atoms with Crippen LogP contribution in [0.4, 0.5) is 0 Å². The highest BCUT2D eigenvalue weighted by Crippen LogP contribution is 2.10. The van der Waals surface area contributed by atoms with Crippen LogP contribution in [0.25, 0.3) is 0 Å². The first kappa shape index (κ1) is 12.3. The minimum absolute atomic E-state index is 0.496. The molecule has 0 saturated carbocycles. The van der Waals surface area contributed by atoms with Crippen molar-refractivity contribution in [1.82, 2.24) is 4.90 Å². The fraction of sp³-hybridized carbons (Fsp3) is 0.667. The summed E-state index contributed by atoms with van der Waals surface area (Å²) in [4.78, 5) is 2.40. The van der Waals surface area contributed by atoms with Crippen molar-refractivity contribution in [2.75, 3.05) is 26.2 Å². The highest BCUT2D eigenvalue weighted by Gasteiger charge is 2.12. The summed E-state index contributed by atoms with van der Waals surface area (Å²) in [5.74, 6) is 1.54. The maximum Gasteiger partial charge on any atom is 0.104 e. The van der Waals surface area contributed by atoms with Crippen molar-refractivity contribution in [3.05, 3.63) is 24.2 Å². The van der Waals surface area contributed by atoms with E-state index in [9.17, 15) is 0 Å². The molecule has 0 bridgehead atoms. The normalized spacial score (nSPS) is 13.3. The van der Waals surface area contributed by atoms with E-state index < -0.39 is 0 Å². The van der Waals surface area contributed by atoms with Crippen LogP contribution >= 0.6 is 0 Å². The van der Waals surface area contributed by atoms with E-state index >= 15 is 0 Å². The van der Waals surface area contributed by atoms with Crippen LogP contribution in [0.1, 0.15) is 19.6 Å². The Labute approximate surface area is 92.2 Å². The number of nitrogens with two attached hydrogens (primary N) is 1. The van der Waals surface area contributed by atoms with Gasteiger partial charge in [-0.25, -0.2) is 0 Å². The van der Waals surface area contributed by atoms with Crippen molar-refractivity contribution in [2.24, 2.45) is 11.7 Å². The molecule has 86 valence electrons. The monoisotopic (exact) mass is 210 g/mol. The first-order chi connectivity index (χ1) is 7.30. The zero-order valence-electron chi connectivity index (χ0n) is 9.78. The van der Waals surface area contributed by atoms with E-state index in [1.54, 1.807) is 6.26 Å². The molecule has 0 saturated heterocycles. The van der Waals surface area contributed by atoms with Gasteiger partial charge >= 0.3 is 0 Å². The lowest BCUT2D eigenvalue weighted by molar-refractivity contribution is 0.248. The molecule has 15 heavy (non-hydrogen) atoms. The van der Waals surface area contributed by atoms with Crippen LogP contribution in [0.5, 0.6) is 0 Å². The Morgan fingerprint density at radius 3 is 2.60 bits per heavy atom. The van der Waals surface area contributed by atoms with Crippen LogP contribution < -0.4 is 5.73 Å². The van der Waals surface area contributed by atoms with Crippen LogP contribution in [0, 0.1) is 5.92 Å². The molecule has 2 N–H and O–H groups in total. The highest BCUT2D eigenvalue weighted by molar-refractivity contribution is 4.99. The third kappa shape index (κ3) is 4.06. The Balaban J connectivity index is 2.42. The molecule has 0 spiro atoms. The van der Waals surface area contributed by atoms with Gasteiger partial charge in [-0.2, -0.15) is 0 Å². The van der Waals surface area contributed by atoms with Gasteiger partial charge in [-0.3, -0.25) is 0 Å². The van der Waals surface area contributed by atoms with Gasteiger partial charge < -0.3 is 15.1 Å². The Morgan fingerprint density at radius 2 is 2.13 bits per heavy atom. The first-order valence-electron chi connectivity index (χ1n) is 5.74. The van der Waals surface area contributed by atoms with Crippen molar-refractivity contribution >= 4 is 0 Å². The molecular formula is C12H22N2O. The second-order valence-electron chi connectivity index (χ2n) is 3.87. The maximum absolute atomic E-state index is 5.78. The van der Waals surface area contributed by atoms with Gasteiger partial charge in [0.25, 0.3) is 0 Å². The molecule has 1 atom stereocenters. The topological polar surface area (TPSA) is 42.4 Å². The molecule has 1 unspecified atom stereocenters. The number of hydrogen-bond acceptors (Lipinski definition) is 3. The minimum atomic E-state index is 0.496. The summed E-state index contributed by atoms with van der Waals surface area (Å²) in [6, 6.07) is 3.95. The van der Waals surface area contributed by atoms with E-state index in [1.165, 1.54) is 0 Å². The predicted octanol–water partition coefficient (Wildman–Crippen LogP) is 1.74. The summed E-state index contributed by atoms with van der Waals surface area (Å²) < 4.78 is 5.34. The second-order valence-corrected chi connectivity index (χ2v) is 3.87. The summed E-state index contributed by atoms with van der Waals surface area (Å²) in [7, 11) is 0. The van der Waals surface area contributed by atoms with Crippen LogP contribution in [0.2, 0.25) is 0 Å². The van der Waals surface area contributed by atoms with Crippen molar-refractivity contribution < 1.29 is 4.42 Å². The SMILES string of the molecule is CCN(CC)CC(CN)Cc1ccco1. The molecule has 1 aromatic rings. The lowest BCUT2D eigenvalue weighted by Gasteiger charge is -2.23. The van der Waals surface area contributed by atoms with E-state index in [4.69, 9.17) is 10.2 Å². The number of nitrogens with zero attached hydrogens (tertiary/aromatic N) is 1. The predicted molar refractivity (Wildman–Crippen MR) is 62.7 cm³/mol. The molecule has 1 heterocycles. The summed E-state index contributed by atoms with van der Waals surface area (Å²) in [6.07, 6.45) is 2.67. The smallest absolute Gasteiger partial charge is 0.104 e. The lowest BCUT2D eigenvalue weighted by Crippen LogP contribution is -2.33. The quantitative estimate of drug-likeness (QED) is 0.745. The number of hydrogen-bond donors (Lipinski definition) is 1. The molecule has 0 aliphatic carbocycles. The average Bonchev–Trinajstić information content (AvgIpc) is 2.76. The van der Waals surface area contributed by atoms with Gasteiger partial charge in [-0.05, 0) is 37.7 Å². The Kier molecular flexibility index (Phi) is 5.43. The molecule has 1 rings (SSSR count). The van der Waals surface area contributed by atoms with E-state index in [2.05, 4.69) is 18.7 Å². The van der Waals surface area contributed by atoms with Crippen LogP contribution in [-0.4, -0.2) is 31.1 Å². The van der Waals surface area contributed by atoms with E-state index in [1.807, 2.05) is 12.1 Å². The van der Waals surface area contributed by atoms with Gasteiger partial charge in [-0.1, -0.05) is 13.8 Å². The fourth-order valence-electron chi connectivity index (χ4n) is 1.78. The summed E-state index contributed by atoms with van der Waals surface area (Å²) in [5, 5.41) is 0. The summed E-state index contributed by atoms with van der Waals surface area (Å²) in [5.41, 5.74) is 5.78. The molecule has 3 nitrogen and oxygen atoms in total. The van der Waals surface area contributed by atoms with Gasteiger partial charge in [0.1, 0.15) is 5.76 Å². The van der Waals surface area contributed by atoms with Gasteiger partial charge in [0.15, 0.2) is 0 Å². The zero-order valence-corrected chi connectivity index (χ0v) is 9.78. The number of rotatable bonds is 7. The summed E-state index contributed by atoms with van der Waals surface area (Å²) in [6.45, 7) is 8.33. The Hall–Kier alpha value is -0.800. The van der Waals surface area contributed by atoms with Crippen molar-refractivity contribution in [3.63, 3.8) is 0 Å². The van der Waals surface area contributed by atoms with E-state index in [0.29, 0.717) is 5.92 Å². The number of furan rings is 1. The van der Waals surface area contributed by atoms with Crippen molar-refractivity contribution in [1.29, 1.82) is 0 Å². The molecule has 3 heteroatoms. The Morgan fingerprint density at radius 1 is 1.40 bits per heavy atom. The van der Waals surface area contributed by atoms with E-state index in [-0.39, 0.29) is 0 Å².